The molecule has 2 aromatic carbocycles. The van der Waals surface area contributed by atoms with E-state index in [2.05, 4.69) is 11.6 Å². The molecule has 1 amide bonds. The van der Waals surface area contributed by atoms with Crippen LogP contribution < -0.4 is 4.90 Å². The van der Waals surface area contributed by atoms with Crippen molar-refractivity contribution in [1.29, 1.82) is 0 Å². The van der Waals surface area contributed by atoms with E-state index in [0.717, 1.165) is 21.3 Å². The summed E-state index contributed by atoms with van der Waals surface area (Å²) in [4.78, 5) is 23.2. The zero-order valence-corrected chi connectivity index (χ0v) is 16.9. The van der Waals surface area contributed by atoms with E-state index in [0.29, 0.717) is 21.6 Å². The Morgan fingerprint density at radius 1 is 1.19 bits per heavy atom. The third-order valence-corrected chi connectivity index (χ3v) is 6.81. The summed E-state index contributed by atoms with van der Waals surface area (Å²) < 4.78 is 0. The van der Waals surface area contributed by atoms with Crippen LogP contribution in [0, 0.1) is 0 Å². The Labute approximate surface area is 171 Å². The Bertz CT molecular complexity index is 988. The van der Waals surface area contributed by atoms with Gasteiger partial charge in [-0.25, -0.2) is 4.99 Å². The van der Waals surface area contributed by atoms with Crippen molar-refractivity contribution in [3.8, 4) is 0 Å². The molecule has 0 spiro atoms. The Morgan fingerprint density at radius 3 is 2.70 bits per heavy atom. The minimum absolute atomic E-state index is 0.0529. The second-order valence-corrected chi connectivity index (χ2v) is 8.39. The minimum atomic E-state index is -0.0529. The molecule has 136 valence electrons. The number of anilines is 1. The Morgan fingerprint density at radius 2 is 1.96 bits per heavy atom. The second-order valence-electron chi connectivity index (χ2n) is 5.94. The molecule has 2 aromatic rings. The van der Waals surface area contributed by atoms with Crippen molar-refractivity contribution in [2.75, 3.05) is 18.5 Å². The van der Waals surface area contributed by atoms with E-state index >= 15 is 0 Å². The second kappa shape index (κ2) is 7.46. The first-order valence-corrected chi connectivity index (χ1v) is 10.3. The lowest BCUT2D eigenvalue weighted by molar-refractivity contribution is -0.121. The average Bonchev–Trinajstić information content (AvgIpc) is 3.14. The van der Waals surface area contributed by atoms with Gasteiger partial charge in [0.2, 0.25) is 0 Å². The van der Waals surface area contributed by atoms with Crippen LogP contribution in [-0.4, -0.2) is 29.6 Å². The number of hydrogen-bond donors (Lipinski definition) is 0. The van der Waals surface area contributed by atoms with Crippen LogP contribution in [0.3, 0.4) is 0 Å². The van der Waals surface area contributed by atoms with Gasteiger partial charge in [-0.1, -0.05) is 47.6 Å². The normalized spacial score (nSPS) is 20.5. The number of para-hydroxylation sites is 1. The molecular weight excluding hydrogens is 398 g/mol. The highest BCUT2D eigenvalue weighted by molar-refractivity contribution is 8.19. The average molecular weight is 414 g/mol. The maximum atomic E-state index is 13.1. The molecule has 0 aromatic heterocycles. The van der Waals surface area contributed by atoms with Crippen LogP contribution in [0.4, 0.5) is 11.4 Å². The number of amides is 1. The highest BCUT2D eigenvalue weighted by Crippen LogP contribution is 2.50. The molecule has 0 unspecified atom stereocenters. The summed E-state index contributed by atoms with van der Waals surface area (Å²) in [5.74, 6) is -0.0529. The predicted octanol–water partition coefficient (Wildman–Crippen LogP) is 5.50. The van der Waals surface area contributed by atoms with Gasteiger partial charge in [0, 0.05) is 23.5 Å². The first-order chi connectivity index (χ1) is 13.1. The number of carbonyl (C=O) groups is 1. The van der Waals surface area contributed by atoms with Gasteiger partial charge in [0.1, 0.15) is 4.91 Å². The minimum Gasteiger partial charge on any atom is -0.337 e. The first-order valence-electron chi connectivity index (χ1n) is 8.28. The van der Waals surface area contributed by atoms with Crippen molar-refractivity contribution in [2.45, 2.75) is 4.90 Å². The van der Waals surface area contributed by atoms with Crippen molar-refractivity contribution in [2.24, 2.45) is 4.99 Å². The molecule has 27 heavy (non-hydrogen) atoms. The first kappa shape index (κ1) is 18.2. The molecule has 2 aliphatic rings. The van der Waals surface area contributed by atoms with Crippen LogP contribution in [0.5, 0.6) is 0 Å². The molecule has 0 saturated carbocycles. The molecule has 0 aliphatic carbocycles. The molecule has 1 saturated heterocycles. The van der Waals surface area contributed by atoms with Crippen LogP contribution in [0.2, 0.25) is 5.02 Å². The van der Waals surface area contributed by atoms with E-state index in [-0.39, 0.29) is 5.91 Å². The summed E-state index contributed by atoms with van der Waals surface area (Å²) >= 11 is 9.12. The van der Waals surface area contributed by atoms with E-state index < -0.39 is 0 Å². The summed E-state index contributed by atoms with van der Waals surface area (Å²) in [5, 5.41) is 2.24. The maximum Gasteiger partial charge on any atom is 0.269 e. The number of rotatable bonds is 3. The quantitative estimate of drug-likeness (QED) is 0.491. The van der Waals surface area contributed by atoms with Crippen LogP contribution in [0.1, 0.15) is 0 Å². The Balaban J connectivity index is 1.74. The van der Waals surface area contributed by atoms with Crippen LogP contribution >= 0.6 is 35.1 Å². The number of carbonyl (C=O) groups excluding carboxylic acids is 1. The van der Waals surface area contributed by atoms with Gasteiger partial charge >= 0.3 is 0 Å². The third kappa shape index (κ3) is 3.40. The Kier molecular flexibility index (Phi) is 5.04. The van der Waals surface area contributed by atoms with E-state index in [1.54, 1.807) is 22.7 Å². The largest absolute Gasteiger partial charge is 0.337 e. The third-order valence-electron chi connectivity index (χ3n) is 4.14. The van der Waals surface area contributed by atoms with E-state index in [4.69, 9.17) is 11.6 Å². The predicted molar refractivity (Wildman–Crippen MR) is 116 cm³/mol. The molecule has 4 nitrogen and oxygen atoms in total. The van der Waals surface area contributed by atoms with Crippen molar-refractivity contribution in [3.63, 3.8) is 0 Å². The lowest BCUT2D eigenvalue weighted by Gasteiger charge is -2.15. The van der Waals surface area contributed by atoms with Crippen LogP contribution in [-0.2, 0) is 4.79 Å². The van der Waals surface area contributed by atoms with Crippen molar-refractivity contribution in [1.82, 2.24) is 4.90 Å². The number of fused-ring (bicyclic) bond motifs is 1. The highest BCUT2D eigenvalue weighted by Gasteiger charge is 2.38. The molecule has 1 fully saturated rings. The van der Waals surface area contributed by atoms with Gasteiger partial charge in [-0.2, -0.15) is 0 Å². The van der Waals surface area contributed by atoms with E-state index in [9.17, 15) is 4.79 Å². The molecule has 2 heterocycles. The lowest BCUT2D eigenvalue weighted by Crippen LogP contribution is -2.29. The summed E-state index contributed by atoms with van der Waals surface area (Å²) in [7, 11) is 1.95. The summed E-state index contributed by atoms with van der Waals surface area (Å²) in [6, 6.07) is 15.4. The highest BCUT2D eigenvalue weighted by atomic mass is 35.5. The zero-order valence-electron chi connectivity index (χ0n) is 14.6. The number of hydrogen-bond acceptors (Lipinski definition) is 5. The molecule has 0 N–H and O–H groups in total. The molecule has 4 rings (SSSR count). The number of benzene rings is 2. The van der Waals surface area contributed by atoms with E-state index in [1.165, 1.54) is 11.8 Å². The maximum absolute atomic E-state index is 13.1. The van der Waals surface area contributed by atoms with Gasteiger partial charge in [0.25, 0.3) is 5.91 Å². The lowest BCUT2D eigenvalue weighted by atomic mass is 10.3. The SMILES string of the molecule is C=CCN1C(=O)/C(=C2/Sc3ccc(Cl)cc3N2C)SC1=Nc1ccccc1. The molecule has 0 bridgehead atoms. The number of aliphatic imine (C=N–C) groups is 1. The number of amidine groups is 1. The topological polar surface area (TPSA) is 35.9 Å². The van der Waals surface area contributed by atoms with Crippen LogP contribution in [0.25, 0.3) is 0 Å². The smallest absolute Gasteiger partial charge is 0.269 e. The van der Waals surface area contributed by atoms with Crippen molar-refractivity contribution < 1.29 is 4.79 Å². The molecule has 7 heteroatoms. The van der Waals surface area contributed by atoms with Gasteiger partial charge in [0.15, 0.2) is 5.17 Å². The summed E-state index contributed by atoms with van der Waals surface area (Å²) in [6.45, 7) is 4.19. The number of thioether (sulfide) groups is 2. The van der Waals surface area contributed by atoms with Gasteiger partial charge in [-0.15, -0.1) is 6.58 Å². The molecule has 2 aliphatic heterocycles. The van der Waals surface area contributed by atoms with Gasteiger partial charge in [-0.3, -0.25) is 9.69 Å². The van der Waals surface area contributed by atoms with Crippen LogP contribution in [0.15, 0.2) is 81.0 Å². The standard InChI is InChI=1S/C20H16ClN3OS2/c1-3-11-24-18(25)17(27-20(24)22-14-7-5-4-6-8-14)19-23(2)15-12-13(21)9-10-16(15)26-19/h3-10,12H,1,11H2,2H3/b19-17-,22-20?. The molecular formula is C20H16ClN3OS2. The summed E-state index contributed by atoms with van der Waals surface area (Å²) in [6.07, 6.45) is 1.71. The molecule has 0 radical (unpaired) electrons. The van der Waals surface area contributed by atoms with Crippen molar-refractivity contribution >= 4 is 57.6 Å². The Hall–Kier alpha value is -2.15. The van der Waals surface area contributed by atoms with Crippen molar-refractivity contribution in [3.05, 3.63) is 76.1 Å². The number of halogens is 1. The fourth-order valence-electron chi connectivity index (χ4n) is 2.84. The van der Waals surface area contributed by atoms with Gasteiger partial charge < -0.3 is 4.90 Å². The zero-order chi connectivity index (χ0) is 19.0. The summed E-state index contributed by atoms with van der Waals surface area (Å²) in [5.41, 5.74) is 1.82. The number of nitrogens with zero attached hydrogens (tertiary/aromatic N) is 3. The van der Waals surface area contributed by atoms with Gasteiger partial charge in [0.05, 0.1) is 16.4 Å². The fraction of sp³-hybridized carbons (Fsp3) is 0.100. The fourth-order valence-corrected chi connectivity index (χ4v) is 5.34. The molecule has 0 atom stereocenters. The van der Waals surface area contributed by atoms with E-state index in [1.807, 2.05) is 60.5 Å². The monoisotopic (exact) mass is 413 g/mol. The van der Waals surface area contributed by atoms with Gasteiger partial charge in [-0.05, 0) is 42.1 Å².